The molecule has 0 bridgehead atoms. The highest BCUT2D eigenvalue weighted by Crippen LogP contribution is 2.14. The van der Waals surface area contributed by atoms with Crippen LogP contribution in [0.4, 0.5) is 0 Å². The first-order valence-corrected chi connectivity index (χ1v) is 9.11. The van der Waals surface area contributed by atoms with Crippen LogP contribution in [-0.2, 0) is 0 Å². The highest BCUT2D eigenvalue weighted by molar-refractivity contribution is 6.16. The van der Waals surface area contributed by atoms with Crippen molar-refractivity contribution >= 4 is 11.6 Å². The Kier molecular flexibility index (Phi) is 13.4. The van der Waals surface area contributed by atoms with E-state index >= 15 is 0 Å². The number of hydrogen-bond acceptors (Lipinski definition) is 0. The molecule has 0 aromatic heterocycles. The van der Waals surface area contributed by atoms with Crippen LogP contribution in [0.15, 0.2) is 0 Å². The number of quaternary nitrogens is 1. The number of rotatable bonds is 14. The summed E-state index contributed by atoms with van der Waals surface area (Å²) < 4.78 is 1.07. The molecule has 19 heavy (non-hydrogen) atoms. The fourth-order valence-corrected chi connectivity index (χ4v) is 2.84. The fraction of sp³-hybridized carbons (Fsp3) is 1.00. The summed E-state index contributed by atoms with van der Waals surface area (Å²) in [4.78, 5) is 0. The highest BCUT2D eigenvalue weighted by Gasteiger charge is 2.18. The van der Waals surface area contributed by atoms with E-state index in [0.717, 1.165) is 10.5 Å². The summed E-state index contributed by atoms with van der Waals surface area (Å²) in [5, 5.41) is 0. The summed E-state index contributed by atoms with van der Waals surface area (Å²) in [7, 11) is 2.33. The summed E-state index contributed by atoms with van der Waals surface area (Å²) >= 11 is 6.18. The Labute approximate surface area is 127 Å². The zero-order valence-electron chi connectivity index (χ0n) is 13.7. The van der Waals surface area contributed by atoms with E-state index in [4.69, 9.17) is 11.6 Å². The molecular weight excluding hydrogens is 254 g/mol. The number of nitrogens with zero attached hydrogens (tertiary/aromatic N) is 1. The second-order valence-electron chi connectivity index (χ2n) is 6.37. The van der Waals surface area contributed by atoms with E-state index in [-0.39, 0.29) is 0 Å². The van der Waals surface area contributed by atoms with Crippen LogP contribution in [0, 0.1) is 0 Å². The third kappa shape index (κ3) is 11.8. The maximum atomic E-state index is 6.18. The Hall–Kier alpha value is 0.250. The molecule has 1 unspecified atom stereocenters. The van der Waals surface area contributed by atoms with E-state index in [2.05, 4.69) is 20.9 Å². The normalized spacial score (nSPS) is 14.5. The van der Waals surface area contributed by atoms with Crippen molar-refractivity contribution < 1.29 is 4.48 Å². The van der Waals surface area contributed by atoms with E-state index in [0.29, 0.717) is 0 Å². The van der Waals surface area contributed by atoms with E-state index in [1.54, 1.807) is 0 Å². The van der Waals surface area contributed by atoms with E-state index in [1.807, 2.05) is 0 Å². The van der Waals surface area contributed by atoms with Gasteiger partial charge in [-0.1, -0.05) is 70.4 Å². The van der Waals surface area contributed by atoms with Crippen molar-refractivity contribution in [3.8, 4) is 0 Å². The second-order valence-corrected chi connectivity index (χ2v) is 6.61. The Bertz CT molecular complexity index is 184. The van der Waals surface area contributed by atoms with Crippen LogP contribution in [-0.4, -0.2) is 30.6 Å². The zero-order valence-corrected chi connectivity index (χ0v) is 14.5. The monoisotopic (exact) mass is 290 g/mol. The molecule has 0 fully saturated rings. The van der Waals surface area contributed by atoms with Crippen LogP contribution >= 0.6 is 11.6 Å². The number of unbranched alkanes of at least 4 members (excludes halogenated alkanes) is 9. The topological polar surface area (TPSA) is 0 Å². The molecule has 0 rings (SSSR count). The van der Waals surface area contributed by atoms with Gasteiger partial charge < -0.3 is 4.48 Å². The van der Waals surface area contributed by atoms with Gasteiger partial charge in [0.05, 0.1) is 20.1 Å². The molecule has 0 amide bonds. The summed E-state index contributed by atoms with van der Waals surface area (Å²) in [5.41, 5.74) is 0. The predicted octanol–water partition coefficient (Wildman–Crippen LogP) is 5.96. The zero-order chi connectivity index (χ0) is 14.4. The van der Waals surface area contributed by atoms with Gasteiger partial charge in [0, 0.05) is 0 Å². The Morgan fingerprint density at radius 1 is 0.632 bits per heavy atom. The molecule has 0 N–H and O–H groups in total. The van der Waals surface area contributed by atoms with Gasteiger partial charge in [-0.25, -0.2) is 0 Å². The van der Waals surface area contributed by atoms with E-state index < -0.39 is 0 Å². The van der Waals surface area contributed by atoms with Gasteiger partial charge in [0.15, 0.2) is 6.00 Å². The summed E-state index contributed by atoms with van der Waals surface area (Å²) in [6, 6.07) is 0.780. The lowest BCUT2D eigenvalue weighted by Crippen LogP contribution is -2.44. The van der Waals surface area contributed by atoms with Crippen LogP contribution in [0.2, 0.25) is 0 Å². The minimum absolute atomic E-state index is 0.780. The van der Waals surface area contributed by atoms with Crippen LogP contribution in [0.1, 0.15) is 84.5 Å². The summed E-state index contributed by atoms with van der Waals surface area (Å²) in [6.45, 7) is 7.09. The summed E-state index contributed by atoms with van der Waals surface area (Å²) in [5.74, 6) is 0. The lowest BCUT2D eigenvalue weighted by Gasteiger charge is -2.32. The lowest BCUT2D eigenvalue weighted by molar-refractivity contribution is -0.899. The summed E-state index contributed by atoms with van der Waals surface area (Å²) in [6.07, 6.45) is 15.2. The largest absolute Gasteiger partial charge is 0.313 e. The lowest BCUT2D eigenvalue weighted by atomic mass is 10.1. The molecule has 0 aromatic carbocycles. The molecule has 0 aliphatic rings. The van der Waals surface area contributed by atoms with Gasteiger partial charge in [-0.2, -0.15) is 0 Å². The molecule has 0 aliphatic heterocycles. The molecule has 0 aromatic rings. The first kappa shape index (κ1) is 19.2. The maximum absolute atomic E-state index is 6.18. The first-order valence-electron chi connectivity index (χ1n) is 8.58. The maximum Gasteiger partial charge on any atom is 0.154 e. The molecule has 0 spiro atoms. The Balaban J connectivity index is 3.58. The molecule has 0 radical (unpaired) electrons. The van der Waals surface area contributed by atoms with Gasteiger partial charge in [-0.15, -0.1) is 0 Å². The van der Waals surface area contributed by atoms with E-state index in [1.165, 1.54) is 83.7 Å². The average Bonchev–Trinajstić information content (AvgIpc) is 2.42. The molecule has 0 saturated heterocycles. The molecule has 1 nitrogen and oxygen atoms in total. The van der Waals surface area contributed by atoms with Crippen LogP contribution in [0.25, 0.3) is 0 Å². The first-order chi connectivity index (χ1) is 9.18. The van der Waals surface area contributed by atoms with E-state index in [9.17, 15) is 0 Å². The van der Waals surface area contributed by atoms with Gasteiger partial charge in [0.2, 0.25) is 0 Å². The van der Waals surface area contributed by atoms with Crippen molar-refractivity contribution in [2.75, 3.05) is 26.1 Å². The fourth-order valence-electron chi connectivity index (χ4n) is 2.60. The van der Waals surface area contributed by atoms with Crippen molar-refractivity contribution in [1.82, 2.24) is 0 Å². The number of hydrogen-bond donors (Lipinski definition) is 0. The van der Waals surface area contributed by atoms with Crippen molar-refractivity contribution in [3.05, 3.63) is 0 Å². The minimum Gasteiger partial charge on any atom is -0.313 e. The number of alkyl halides is 1. The molecule has 0 heterocycles. The Morgan fingerprint density at radius 2 is 1.00 bits per heavy atom. The van der Waals surface area contributed by atoms with Crippen molar-refractivity contribution in [1.29, 1.82) is 0 Å². The molecule has 0 saturated carbocycles. The molecule has 2 heteroatoms. The molecular formula is C17H37ClN+. The number of halogens is 1. The minimum atomic E-state index is 0.780. The second kappa shape index (κ2) is 13.2. The standard InChI is InChI=1S/C17H37ClN/c1-4-6-8-10-12-14-16-19(3,17-18)15-13-11-9-7-5-2/h4-17H2,1-3H3/q+1. The highest BCUT2D eigenvalue weighted by atomic mass is 35.5. The van der Waals surface area contributed by atoms with Gasteiger partial charge in [-0.3, -0.25) is 0 Å². The molecule has 0 aliphatic carbocycles. The smallest absolute Gasteiger partial charge is 0.154 e. The molecule has 116 valence electrons. The van der Waals surface area contributed by atoms with Crippen molar-refractivity contribution in [2.24, 2.45) is 0 Å². The van der Waals surface area contributed by atoms with Gasteiger partial charge >= 0.3 is 0 Å². The van der Waals surface area contributed by atoms with Crippen LogP contribution < -0.4 is 0 Å². The SMILES string of the molecule is CCCCCCCC[N+](C)(CCl)CCCCCCC. The third-order valence-electron chi connectivity index (χ3n) is 4.14. The quantitative estimate of drug-likeness (QED) is 0.160. The van der Waals surface area contributed by atoms with Crippen molar-refractivity contribution in [3.63, 3.8) is 0 Å². The van der Waals surface area contributed by atoms with Gasteiger partial charge in [0.1, 0.15) is 0 Å². The molecule has 1 atom stereocenters. The predicted molar refractivity (Wildman–Crippen MR) is 88.8 cm³/mol. The Morgan fingerprint density at radius 3 is 1.37 bits per heavy atom. The van der Waals surface area contributed by atoms with Crippen LogP contribution in [0.5, 0.6) is 0 Å². The van der Waals surface area contributed by atoms with Crippen LogP contribution in [0.3, 0.4) is 0 Å². The van der Waals surface area contributed by atoms with Crippen molar-refractivity contribution in [2.45, 2.75) is 84.5 Å². The average molecular weight is 291 g/mol. The third-order valence-corrected chi connectivity index (χ3v) is 4.72. The van der Waals surface area contributed by atoms with Gasteiger partial charge in [-0.05, 0) is 25.7 Å². The van der Waals surface area contributed by atoms with Gasteiger partial charge in [0.25, 0.3) is 0 Å².